The first-order valence-electron chi connectivity index (χ1n) is 7.55. The normalized spacial score (nSPS) is 10.5. The minimum atomic E-state index is 0.546. The van der Waals surface area contributed by atoms with Gasteiger partial charge in [0, 0.05) is 0 Å². The van der Waals surface area contributed by atoms with Crippen LogP contribution in [0.5, 0.6) is 5.75 Å². The minimum Gasteiger partial charge on any atom is -0.487 e. The summed E-state index contributed by atoms with van der Waals surface area (Å²) >= 11 is 0. The van der Waals surface area contributed by atoms with Gasteiger partial charge in [-0.15, -0.1) is 0 Å². The van der Waals surface area contributed by atoms with Crippen LogP contribution in [-0.2, 0) is 13.0 Å². The van der Waals surface area contributed by atoms with Crippen molar-refractivity contribution in [1.82, 2.24) is 5.32 Å². The van der Waals surface area contributed by atoms with Crippen molar-refractivity contribution in [3.63, 3.8) is 0 Å². The summed E-state index contributed by atoms with van der Waals surface area (Å²) in [6.07, 6.45) is 2.16. The highest BCUT2D eigenvalue weighted by Crippen LogP contribution is 2.24. The van der Waals surface area contributed by atoms with E-state index in [0.29, 0.717) is 12.3 Å². The second-order valence-corrected chi connectivity index (χ2v) is 5.10. The highest BCUT2D eigenvalue weighted by atomic mass is 16.5. The number of ether oxygens (including phenoxy) is 1. The van der Waals surface area contributed by atoms with Crippen LogP contribution >= 0.6 is 0 Å². The number of benzene rings is 2. The van der Waals surface area contributed by atoms with E-state index in [1.807, 2.05) is 42.5 Å². The minimum absolute atomic E-state index is 0.546. The summed E-state index contributed by atoms with van der Waals surface area (Å²) in [6, 6.07) is 16.2. The van der Waals surface area contributed by atoms with E-state index in [1.54, 1.807) is 0 Å². The van der Waals surface area contributed by atoms with Crippen molar-refractivity contribution < 1.29 is 4.74 Å². The van der Waals surface area contributed by atoms with Gasteiger partial charge in [-0.25, -0.2) is 0 Å². The molecule has 0 saturated carbocycles. The highest BCUT2D eigenvalue weighted by Gasteiger charge is 2.03. The molecule has 0 radical (unpaired) electrons. The molecular formula is C18H24N2O. The standard InChI is InChI=1S/C18H24N2O/c1-2-20-12-6-9-15-10-11-18(17(19)13-15)21-14-16-7-4-3-5-8-16/h3-5,7-8,10-11,13,20H,2,6,9,12,14,19H2,1H3. The number of nitrogen functional groups attached to an aromatic ring is 1. The number of hydrogen-bond donors (Lipinski definition) is 2. The van der Waals surface area contributed by atoms with Crippen LogP contribution in [0.15, 0.2) is 48.5 Å². The molecule has 0 aliphatic carbocycles. The third-order valence-electron chi connectivity index (χ3n) is 3.38. The van der Waals surface area contributed by atoms with E-state index in [0.717, 1.165) is 37.2 Å². The Balaban J connectivity index is 1.87. The largest absolute Gasteiger partial charge is 0.487 e. The topological polar surface area (TPSA) is 47.3 Å². The third kappa shape index (κ3) is 5.12. The van der Waals surface area contributed by atoms with E-state index in [9.17, 15) is 0 Å². The molecule has 21 heavy (non-hydrogen) atoms. The predicted molar refractivity (Wildman–Crippen MR) is 88.5 cm³/mol. The molecule has 2 aromatic rings. The van der Waals surface area contributed by atoms with E-state index in [2.05, 4.69) is 18.3 Å². The first kappa shape index (κ1) is 15.4. The van der Waals surface area contributed by atoms with Crippen LogP contribution in [0.3, 0.4) is 0 Å². The van der Waals surface area contributed by atoms with E-state index in [1.165, 1.54) is 5.56 Å². The molecule has 2 rings (SSSR count). The molecule has 0 aromatic heterocycles. The molecule has 0 saturated heterocycles. The zero-order valence-corrected chi connectivity index (χ0v) is 12.6. The first-order valence-corrected chi connectivity index (χ1v) is 7.55. The molecule has 2 aromatic carbocycles. The lowest BCUT2D eigenvalue weighted by Crippen LogP contribution is -2.14. The van der Waals surface area contributed by atoms with Crippen molar-refractivity contribution in [2.24, 2.45) is 0 Å². The van der Waals surface area contributed by atoms with Crippen LogP contribution in [0.1, 0.15) is 24.5 Å². The average Bonchev–Trinajstić information content (AvgIpc) is 2.52. The number of hydrogen-bond acceptors (Lipinski definition) is 3. The fourth-order valence-electron chi connectivity index (χ4n) is 2.21. The maximum Gasteiger partial charge on any atom is 0.142 e. The van der Waals surface area contributed by atoms with Crippen LogP contribution in [0.2, 0.25) is 0 Å². The Hall–Kier alpha value is -2.00. The van der Waals surface area contributed by atoms with Gasteiger partial charge < -0.3 is 15.8 Å². The molecule has 3 nitrogen and oxygen atoms in total. The van der Waals surface area contributed by atoms with Gasteiger partial charge in [-0.1, -0.05) is 43.3 Å². The van der Waals surface area contributed by atoms with Crippen molar-refractivity contribution in [2.45, 2.75) is 26.4 Å². The van der Waals surface area contributed by atoms with Crippen LogP contribution in [0, 0.1) is 0 Å². The monoisotopic (exact) mass is 284 g/mol. The lowest BCUT2D eigenvalue weighted by Gasteiger charge is -2.11. The molecule has 0 bridgehead atoms. The van der Waals surface area contributed by atoms with Crippen LogP contribution in [-0.4, -0.2) is 13.1 Å². The van der Waals surface area contributed by atoms with Gasteiger partial charge in [0.05, 0.1) is 5.69 Å². The Kier molecular flexibility index (Phi) is 6.10. The summed E-state index contributed by atoms with van der Waals surface area (Å²) < 4.78 is 5.78. The fraction of sp³-hybridized carbons (Fsp3) is 0.333. The van der Waals surface area contributed by atoms with E-state index in [4.69, 9.17) is 10.5 Å². The predicted octanol–water partition coefficient (Wildman–Crippen LogP) is 3.39. The molecule has 0 aliphatic heterocycles. The van der Waals surface area contributed by atoms with E-state index < -0.39 is 0 Å². The molecule has 0 aliphatic rings. The summed E-state index contributed by atoms with van der Waals surface area (Å²) in [4.78, 5) is 0. The first-order chi connectivity index (χ1) is 10.3. The summed E-state index contributed by atoms with van der Waals surface area (Å²) in [5, 5.41) is 3.33. The van der Waals surface area contributed by atoms with Gasteiger partial charge in [-0.2, -0.15) is 0 Å². The molecule has 112 valence electrons. The Morgan fingerprint density at radius 2 is 1.86 bits per heavy atom. The van der Waals surface area contributed by atoms with Crippen molar-refractivity contribution in [3.8, 4) is 5.75 Å². The van der Waals surface area contributed by atoms with Crippen molar-refractivity contribution >= 4 is 5.69 Å². The lowest BCUT2D eigenvalue weighted by molar-refractivity contribution is 0.308. The van der Waals surface area contributed by atoms with Crippen LogP contribution in [0.25, 0.3) is 0 Å². The van der Waals surface area contributed by atoms with Crippen LogP contribution in [0.4, 0.5) is 5.69 Å². The summed E-state index contributed by atoms with van der Waals surface area (Å²) in [5.41, 5.74) is 9.20. The lowest BCUT2D eigenvalue weighted by atomic mass is 10.1. The van der Waals surface area contributed by atoms with Gasteiger partial charge >= 0.3 is 0 Å². The quantitative estimate of drug-likeness (QED) is 0.577. The molecule has 3 N–H and O–H groups in total. The maximum atomic E-state index is 6.08. The molecule has 0 spiro atoms. The van der Waals surface area contributed by atoms with Gasteiger partial charge in [0.1, 0.15) is 12.4 Å². The zero-order valence-electron chi connectivity index (χ0n) is 12.6. The van der Waals surface area contributed by atoms with Gasteiger partial charge in [0.25, 0.3) is 0 Å². The van der Waals surface area contributed by atoms with Crippen molar-refractivity contribution in [1.29, 1.82) is 0 Å². The average molecular weight is 284 g/mol. The molecule has 0 atom stereocenters. The maximum absolute atomic E-state index is 6.08. The Morgan fingerprint density at radius 1 is 1.05 bits per heavy atom. The molecule has 0 heterocycles. The van der Waals surface area contributed by atoms with E-state index in [-0.39, 0.29) is 0 Å². The Morgan fingerprint density at radius 3 is 2.57 bits per heavy atom. The SMILES string of the molecule is CCNCCCc1ccc(OCc2ccccc2)c(N)c1. The second-order valence-electron chi connectivity index (χ2n) is 5.10. The number of aryl methyl sites for hydroxylation is 1. The van der Waals surface area contributed by atoms with Gasteiger partial charge in [-0.05, 0) is 49.2 Å². The number of anilines is 1. The number of nitrogens with one attached hydrogen (secondary N) is 1. The number of rotatable bonds is 8. The molecule has 0 fully saturated rings. The van der Waals surface area contributed by atoms with Gasteiger partial charge in [0.2, 0.25) is 0 Å². The molecule has 0 amide bonds. The number of nitrogens with two attached hydrogens (primary N) is 1. The van der Waals surface area contributed by atoms with Crippen molar-refractivity contribution in [3.05, 3.63) is 59.7 Å². The van der Waals surface area contributed by atoms with Crippen molar-refractivity contribution in [2.75, 3.05) is 18.8 Å². The van der Waals surface area contributed by atoms with Gasteiger partial charge in [0.15, 0.2) is 0 Å². The Bertz CT molecular complexity index is 540. The summed E-state index contributed by atoms with van der Waals surface area (Å²) in [5.74, 6) is 0.759. The zero-order chi connectivity index (χ0) is 14.9. The highest BCUT2D eigenvalue weighted by molar-refractivity contribution is 5.54. The summed E-state index contributed by atoms with van der Waals surface area (Å²) in [7, 11) is 0. The molecule has 0 unspecified atom stereocenters. The molecular weight excluding hydrogens is 260 g/mol. The van der Waals surface area contributed by atoms with E-state index >= 15 is 0 Å². The summed E-state index contributed by atoms with van der Waals surface area (Å²) in [6.45, 7) is 4.73. The second kappa shape index (κ2) is 8.32. The van der Waals surface area contributed by atoms with Gasteiger partial charge in [-0.3, -0.25) is 0 Å². The van der Waals surface area contributed by atoms with Crippen LogP contribution < -0.4 is 15.8 Å². The smallest absolute Gasteiger partial charge is 0.142 e. The fourth-order valence-corrected chi connectivity index (χ4v) is 2.21. The molecule has 3 heteroatoms. The third-order valence-corrected chi connectivity index (χ3v) is 3.38. The Labute approximate surface area is 127 Å².